The molecule has 0 spiro atoms. The number of hydrogen-bond acceptors (Lipinski definition) is 4. The van der Waals surface area contributed by atoms with Crippen LogP contribution in [0.3, 0.4) is 0 Å². The van der Waals surface area contributed by atoms with Gasteiger partial charge in [-0.1, -0.05) is 30.3 Å². The lowest BCUT2D eigenvalue weighted by molar-refractivity contribution is -0.153. The average Bonchev–Trinajstić information content (AvgIpc) is 2.99. The first kappa shape index (κ1) is 18.6. The van der Waals surface area contributed by atoms with E-state index < -0.39 is 35.6 Å². The third kappa shape index (κ3) is 3.97. The molecule has 2 aromatic carbocycles. The van der Waals surface area contributed by atoms with Gasteiger partial charge in [0.05, 0.1) is 6.61 Å². The van der Waals surface area contributed by atoms with Gasteiger partial charge in [0.25, 0.3) is 5.91 Å². The fraction of sp³-hybridized carbons (Fsp3) is 0.250. The predicted octanol–water partition coefficient (Wildman–Crippen LogP) is 2.42. The highest BCUT2D eigenvalue weighted by atomic mass is 19.1. The van der Waals surface area contributed by atoms with Gasteiger partial charge in [0.2, 0.25) is 5.91 Å². The Hall–Kier alpha value is -3.22. The van der Waals surface area contributed by atoms with Gasteiger partial charge in [0.1, 0.15) is 5.82 Å². The first-order valence-electron chi connectivity index (χ1n) is 8.61. The fourth-order valence-electron chi connectivity index (χ4n) is 3.14. The lowest BCUT2D eigenvalue weighted by atomic mass is 9.92. The highest BCUT2D eigenvalue weighted by molar-refractivity contribution is 5.97. The molecule has 0 aromatic heterocycles. The number of esters is 1. The van der Waals surface area contributed by atoms with Crippen molar-refractivity contribution in [2.45, 2.75) is 25.3 Å². The van der Waals surface area contributed by atoms with Crippen molar-refractivity contribution in [2.24, 2.45) is 0 Å². The molecule has 1 heterocycles. The summed E-state index contributed by atoms with van der Waals surface area (Å²) in [4.78, 5) is 37.5. The molecule has 2 amide bonds. The summed E-state index contributed by atoms with van der Waals surface area (Å²) in [6.07, 6.45) is 0.0667. The van der Waals surface area contributed by atoms with E-state index in [4.69, 9.17) is 4.74 Å². The first-order chi connectivity index (χ1) is 13.0. The molecule has 1 aliphatic rings. The molecule has 2 atom stereocenters. The van der Waals surface area contributed by atoms with Crippen molar-refractivity contribution < 1.29 is 23.5 Å². The number of rotatable bonds is 5. The number of carbonyl (C=O) groups excluding carboxylic acids is 3. The van der Waals surface area contributed by atoms with Crippen LogP contribution in [0.1, 0.15) is 35.2 Å². The lowest BCUT2D eigenvalue weighted by Gasteiger charge is -2.26. The average molecular weight is 370 g/mol. The summed E-state index contributed by atoms with van der Waals surface area (Å²) in [6.45, 7) is 1.83. The third-order valence-corrected chi connectivity index (χ3v) is 4.41. The number of carbonyl (C=O) groups is 3. The quantitative estimate of drug-likeness (QED) is 0.820. The molecule has 0 saturated carbocycles. The van der Waals surface area contributed by atoms with Crippen LogP contribution >= 0.6 is 0 Å². The van der Waals surface area contributed by atoms with Crippen molar-refractivity contribution in [3.8, 4) is 0 Å². The van der Waals surface area contributed by atoms with E-state index in [1.807, 2.05) is 30.3 Å². The Bertz CT molecular complexity index is 839. The van der Waals surface area contributed by atoms with E-state index in [2.05, 4.69) is 5.43 Å². The van der Waals surface area contributed by atoms with Gasteiger partial charge in [-0.25, -0.2) is 14.2 Å². The number of hydrogen-bond donors (Lipinski definition) is 1. The van der Waals surface area contributed by atoms with Crippen molar-refractivity contribution in [3.63, 3.8) is 0 Å². The maximum absolute atomic E-state index is 13.1. The SMILES string of the molecule is CCOC(=O)[C@@H]1[C@H](c2ccccc2)CC(=O)N1NC(=O)c1ccc(F)cc1. The third-order valence-electron chi connectivity index (χ3n) is 4.41. The number of benzene rings is 2. The normalized spacial score (nSPS) is 19.0. The molecule has 1 saturated heterocycles. The maximum atomic E-state index is 13.1. The topological polar surface area (TPSA) is 75.7 Å². The summed E-state index contributed by atoms with van der Waals surface area (Å²) in [7, 11) is 0. The standard InChI is InChI=1S/C20H19FN2O4/c1-2-27-20(26)18-16(13-6-4-3-5-7-13)12-17(24)23(18)22-19(25)14-8-10-15(21)11-9-14/h3-11,16,18H,2,12H2,1H3,(H,22,25)/t16-,18-/m0/s1. The highest BCUT2D eigenvalue weighted by Gasteiger charge is 2.47. The van der Waals surface area contributed by atoms with E-state index in [0.717, 1.165) is 22.7 Å². The molecule has 7 heteroatoms. The second kappa shape index (κ2) is 7.99. The molecular formula is C20H19FN2O4. The number of ether oxygens (including phenoxy) is 1. The van der Waals surface area contributed by atoms with Gasteiger partial charge < -0.3 is 4.74 Å². The van der Waals surface area contributed by atoms with Gasteiger partial charge in [-0.15, -0.1) is 0 Å². The highest BCUT2D eigenvalue weighted by Crippen LogP contribution is 2.34. The minimum Gasteiger partial charge on any atom is -0.464 e. The Labute approximate surface area is 155 Å². The predicted molar refractivity (Wildman–Crippen MR) is 94.9 cm³/mol. The van der Waals surface area contributed by atoms with Crippen LogP contribution in [-0.2, 0) is 14.3 Å². The van der Waals surface area contributed by atoms with Gasteiger partial charge in [0.15, 0.2) is 6.04 Å². The lowest BCUT2D eigenvalue weighted by Crippen LogP contribution is -2.52. The van der Waals surface area contributed by atoms with Crippen molar-refractivity contribution in [1.29, 1.82) is 0 Å². The first-order valence-corrected chi connectivity index (χ1v) is 8.61. The Balaban J connectivity index is 1.87. The van der Waals surface area contributed by atoms with Crippen molar-refractivity contribution >= 4 is 17.8 Å². The van der Waals surface area contributed by atoms with Gasteiger partial charge in [-0.3, -0.25) is 15.0 Å². The molecule has 3 rings (SSSR count). The number of amides is 2. The van der Waals surface area contributed by atoms with Crippen LogP contribution < -0.4 is 5.43 Å². The largest absolute Gasteiger partial charge is 0.464 e. The van der Waals surface area contributed by atoms with E-state index in [-0.39, 0.29) is 18.6 Å². The molecule has 140 valence electrons. The van der Waals surface area contributed by atoms with E-state index in [0.29, 0.717) is 0 Å². The summed E-state index contributed by atoms with van der Waals surface area (Å²) in [5, 5.41) is 1.03. The second-order valence-corrected chi connectivity index (χ2v) is 6.13. The van der Waals surface area contributed by atoms with E-state index in [1.54, 1.807) is 6.92 Å². The monoisotopic (exact) mass is 370 g/mol. The number of halogens is 1. The molecule has 1 fully saturated rings. The molecule has 1 aliphatic heterocycles. The molecule has 0 radical (unpaired) electrons. The van der Waals surface area contributed by atoms with Gasteiger partial charge in [-0.2, -0.15) is 0 Å². The van der Waals surface area contributed by atoms with Crippen molar-refractivity contribution in [1.82, 2.24) is 10.4 Å². The summed E-state index contributed by atoms with van der Waals surface area (Å²) < 4.78 is 18.2. The summed E-state index contributed by atoms with van der Waals surface area (Å²) in [5.41, 5.74) is 3.46. The molecule has 0 aliphatic carbocycles. The molecule has 1 N–H and O–H groups in total. The second-order valence-electron chi connectivity index (χ2n) is 6.13. The molecule has 0 bridgehead atoms. The van der Waals surface area contributed by atoms with Crippen LogP contribution in [0.25, 0.3) is 0 Å². The van der Waals surface area contributed by atoms with Gasteiger partial charge >= 0.3 is 5.97 Å². The summed E-state index contributed by atoms with van der Waals surface area (Å²) >= 11 is 0. The zero-order valence-corrected chi connectivity index (χ0v) is 14.7. The van der Waals surface area contributed by atoms with Crippen LogP contribution in [-0.4, -0.2) is 35.4 Å². The number of hydrazine groups is 1. The van der Waals surface area contributed by atoms with E-state index >= 15 is 0 Å². The van der Waals surface area contributed by atoms with Crippen LogP contribution in [0, 0.1) is 5.82 Å². The van der Waals surface area contributed by atoms with Gasteiger partial charge in [0, 0.05) is 17.9 Å². The molecule has 2 aromatic rings. The summed E-state index contributed by atoms with van der Waals surface area (Å²) in [6, 6.07) is 13.1. The van der Waals surface area contributed by atoms with E-state index in [1.165, 1.54) is 12.1 Å². The van der Waals surface area contributed by atoms with Crippen LogP contribution in [0.2, 0.25) is 0 Å². The molecule has 0 unspecified atom stereocenters. The minimum absolute atomic E-state index is 0.0667. The molecule has 6 nitrogen and oxygen atoms in total. The zero-order valence-electron chi connectivity index (χ0n) is 14.7. The zero-order chi connectivity index (χ0) is 19.4. The molecule has 27 heavy (non-hydrogen) atoms. The number of nitrogens with one attached hydrogen (secondary N) is 1. The fourth-order valence-corrected chi connectivity index (χ4v) is 3.14. The smallest absolute Gasteiger partial charge is 0.331 e. The van der Waals surface area contributed by atoms with E-state index in [9.17, 15) is 18.8 Å². The van der Waals surface area contributed by atoms with Crippen LogP contribution in [0.5, 0.6) is 0 Å². The Morgan fingerprint density at radius 1 is 1.15 bits per heavy atom. The minimum atomic E-state index is -0.968. The van der Waals surface area contributed by atoms with Crippen LogP contribution in [0.15, 0.2) is 54.6 Å². The van der Waals surface area contributed by atoms with Crippen molar-refractivity contribution in [2.75, 3.05) is 6.61 Å². The Kier molecular flexibility index (Phi) is 5.49. The maximum Gasteiger partial charge on any atom is 0.331 e. The molecular weight excluding hydrogens is 351 g/mol. The Morgan fingerprint density at radius 2 is 1.81 bits per heavy atom. The summed E-state index contributed by atoms with van der Waals surface area (Å²) in [5.74, 6) is -2.50. The van der Waals surface area contributed by atoms with Crippen LogP contribution in [0.4, 0.5) is 4.39 Å². The van der Waals surface area contributed by atoms with Gasteiger partial charge in [-0.05, 0) is 36.8 Å². The number of nitrogens with zero attached hydrogens (tertiary/aromatic N) is 1. The Morgan fingerprint density at radius 3 is 2.44 bits per heavy atom. The van der Waals surface area contributed by atoms with Crippen molar-refractivity contribution in [3.05, 3.63) is 71.5 Å².